The van der Waals surface area contributed by atoms with Gasteiger partial charge in [0, 0.05) is 30.5 Å². The third-order valence-corrected chi connectivity index (χ3v) is 2.06. The van der Waals surface area contributed by atoms with E-state index in [1.807, 2.05) is 0 Å². The number of benzene rings is 1. The molecule has 2 rings (SSSR count). The van der Waals surface area contributed by atoms with Gasteiger partial charge in [-0.2, -0.15) is 0 Å². The molecule has 0 bridgehead atoms. The molecule has 0 fully saturated rings. The third-order valence-electron chi connectivity index (χ3n) is 2.06. The summed E-state index contributed by atoms with van der Waals surface area (Å²) in [6.45, 7) is 0.257. The Morgan fingerprint density at radius 2 is 2.20 bits per heavy atom. The molecule has 4 heteroatoms. The Balaban J connectivity index is 2.50. The van der Waals surface area contributed by atoms with Crippen molar-refractivity contribution in [2.75, 3.05) is 13.7 Å². The Morgan fingerprint density at radius 3 is 2.93 bits per heavy atom. The normalized spacial score (nSPS) is 14.7. The first-order valence-corrected chi connectivity index (χ1v) is 4.45. The summed E-state index contributed by atoms with van der Waals surface area (Å²) in [4.78, 5) is 3.82. The zero-order valence-corrected chi connectivity index (χ0v) is 8.13. The molecule has 1 aliphatic heterocycles. The van der Waals surface area contributed by atoms with Crippen LogP contribution in [-0.2, 0) is 0 Å². The number of fused-ring (bicyclic) bond motifs is 1. The molecule has 0 radical (unpaired) electrons. The second kappa shape index (κ2) is 3.81. The fourth-order valence-electron chi connectivity index (χ4n) is 1.48. The van der Waals surface area contributed by atoms with E-state index >= 15 is 0 Å². The van der Waals surface area contributed by atoms with Crippen LogP contribution >= 0.6 is 0 Å². The molecule has 0 saturated heterocycles. The summed E-state index contributed by atoms with van der Waals surface area (Å²) >= 11 is 0. The molecule has 1 aromatic carbocycles. The Kier molecular flexibility index (Phi) is 2.49. The Hall–Kier alpha value is -1.71. The van der Waals surface area contributed by atoms with E-state index in [9.17, 15) is 8.78 Å². The predicted molar refractivity (Wildman–Crippen MR) is 54.2 cm³/mol. The first-order chi connectivity index (χ1) is 7.20. The highest BCUT2D eigenvalue weighted by molar-refractivity contribution is 5.87. The molecule has 0 aliphatic carbocycles. The monoisotopic (exact) mass is 209 g/mol. The highest BCUT2D eigenvalue weighted by atomic mass is 19.1. The number of rotatable bonds is 1. The van der Waals surface area contributed by atoms with Gasteiger partial charge in [-0.3, -0.25) is 4.99 Å². The topological polar surface area (TPSA) is 21.6 Å². The maximum Gasteiger partial charge on any atom is 0.168 e. The first kappa shape index (κ1) is 9.83. The van der Waals surface area contributed by atoms with Crippen molar-refractivity contribution in [3.8, 4) is 5.75 Å². The van der Waals surface area contributed by atoms with E-state index in [-0.39, 0.29) is 12.4 Å². The molecule has 0 unspecified atom stereocenters. The average molecular weight is 209 g/mol. The van der Waals surface area contributed by atoms with E-state index in [0.717, 1.165) is 11.6 Å². The molecule has 0 aromatic heterocycles. The number of hydrogen-bond donors (Lipinski definition) is 0. The molecule has 0 spiro atoms. The standard InChI is InChI=1S/C11H9F2NO/c1-14-5-7-2-8-3-9(12)4-10(13)11(8)15-6-7/h2-5H,6H2,1H3. The van der Waals surface area contributed by atoms with Crippen molar-refractivity contribution in [2.45, 2.75) is 0 Å². The Labute approximate surface area is 85.9 Å². The zero-order chi connectivity index (χ0) is 10.8. The van der Waals surface area contributed by atoms with E-state index < -0.39 is 11.6 Å². The SMILES string of the molecule is CN=CC1=Cc2cc(F)cc(F)c2OC1. The fraction of sp³-hybridized carbons (Fsp3) is 0.182. The van der Waals surface area contributed by atoms with Gasteiger partial charge in [0.05, 0.1) is 0 Å². The lowest BCUT2D eigenvalue weighted by molar-refractivity contribution is 0.331. The van der Waals surface area contributed by atoms with E-state index in [2.05, 4.69) is 4.99 Å². The van der Waals surface area contributed by atoms with Crippen LogP contribution in [0.25, 0.3) is 6.08 Å². The molecule has 1 heterocycles. The number of halogens is 2. The number of aliphatic imine (C=N–C) groups is 1. The fourth-order valence-corrected chi connectivity index (χ4v) is 1.48. The minimum Gasteiger partial charge on any atom is -0.485 e. The molecule has 0 amide bonds. The number of nitrogens with zero attached hydrogens (tertiary/aromatic N) is 1. The van der Waals surface area contributed by atoms with Crippen LogP contribution in [0.3, 0.4) is 0 Å². The van der Waals surface area contributed by atoms with Gasteiger partial charge in [0.2, 0.25) is 0 Å². The van der Waals surface area contributed by atoms with Gasteiger partial charge in [-0.15, -0.1) is 0 Å². The molecule has 78 valence electrons. The van der Waals surface area contributed by atoms with E-state index in [4.69, 9.17) is 4.74 Å². The minimum atomic E-state index is -0.672. The van der Waals surface area contributed by atoms with Crippen molar-refractivity contribution in [1.82, 2.24) is 0 Å². The summed E-state index contributed by atoms with van der Waals surface area (Å²) in [6.07, 6.45) is 3.27. The maximum absolute atomic E-state index is 13.2. The van der Waals surface area contributed by atoms with E-state index in [0.29, 0.717) is 5.56 Å². The molecular weight excluding hydrogens is 200 g/mol. The van der Waals surface area contributed by atoms with Crippen LogP contribution < -0.4 is 4.74 Å². The van der Waals surface area contributed by atoms with E-state index in [1.54, 1.807) is 19.3 Å². The van der Waals surface area contributed by atoms with Crippen molar-refractivity contribution in [3.63, 3.8) is 0 Å². The molecule has 0 saturated carbocycles. The van der Waals surface area contributed by atoms with Crippen molar-refractivity contribution in [1.29, 1.82) is 0 Å². The van der Waals surface area contributed by atoms with E-state index in [1.165, 1.54) is 6.07 Å². The van der Waals surface area contributed by atoms with Gasteiger partial charge in [0.15, 0.2) is 11.6 Å². The Morgan fingerprint density at radius 1 is 1.40 bits per heavy atom. The number of hydrogen-bond acceptors (Lipinski definition) is 2. The second-order valence-electron chi connectivity index (χ2n) is 3.20. The molecule has 0 N–H and O–H groups in total. The minimum absolute atomic E-state index is 0.102. The second-order valence-corrected chi connectivity index (χ2v) is 3.20. The molecular formula is C11H9F2NO. The lowest BCUT2D eigenvalue weighted by Gasteiger charge is -2.16. The summed E-state index contributed by atoms with van der Waals surface area (Å²) in [5.41, 5.74) is 1.20. The summed E-state index contributed by atoms with van der Waals surface area (Å²) in [6, 6.07) is 2.05. The van der Waals surface area contributed by atoms with Crippen LogP contribution in [0.2, 0.25) is 0 Å². The van der Waals surface area contributed by atoms with Gasteiger partial charge in [-0.1, -0.05) is 0 Å². The van der Waals surface area contributed by atoms with Crippen LogP contribution in [0.15, 0.2) is 22.7 Å². The van der Waals surface area contributed by atoms with Crippen LogP contribution in [0.5, 0.6) is 5.75 Å². The van der Waals surface area contributed by atoms with Crippen molar-refractivity contribution in [3.05, 3.63) is 34.9 Å². The summed E-state index contributed by atoms with van der Waals surface area (Å²) < 4.78 is 31.3. The van der Waals surface area contributed by atoms with Gasteiger partial charge >= 0.3 is 0 Å². The summed E-state index contributed by atoms with van der Waals surface area (Å²) in [7, 11) is 1.63. The van der Waals surface area contributed by atoms with Crippen molar-refractivity contribution in [2.24, 2.45) is 4.99 Å². The van der Waals surface area contributed by atoms with Crippen molar-refractivity contribution < 1.29 is 13.5 Å². The predicted octanol–water partition coefficient (Wildman–Crippen LogP) is 2.44. The maximum atomic E-state index is 13.2. The smallest absolute Gasteiger partial charge is 0.168 e. The zero-order valence-electron chi connectivity index (χ0n) is 8.13. The molecule has 0 atom stereocenters. The highest BCUT2D eigenvalue weighted by Gasteiger charge is 2.16. The van der Waals surface area contributed by atoms with Gasteiger partial charge < -0.3 is 4.74 Å². The largest absolute Gasteiger partial charge is 0.485 e. The van der Waals surface area contributed by atoms with Crippen LogP contribution in [0, 0.1) is 11.6 Å². The van der Waals surface area contributed by atoms with Gasteiger partial charge in [-0.25, -0.2) is 8.78 Å². The lowest BCUT2D eigenvalue weighted by Crippen LogP contribution is -2.10. The summed E-state index contributed by atoms with van der Waals surface area (Å²) in [5.74, 6) is -1.18. The summed E-state index contributed by atoms with van der Waals surface area (Å²) in [5, 5.41) is 0. The first-order valence-electron chi connectivity index (χ1n) is 4.45. The third kappa shape index (κ3) is 1.88. The molecule has 15 heavy (non-hydrogen) atoms. The van der Waals surface area contributed by atoms with Gasteiger partial charge in [0.25, 0.3) is 0 Å². The highest BCUT2D eigenvalue weighted by Crippen LogP contribution is 2.29. The molecule has 1 aliphatic rings. The average Bonchev–Trinajstić information content (AvgIpc) is 2.17. The van der Waals surface area contributed by atoms with Crippen molar-refractivity contribution >= 4 is 12.3 Å². The van der Waals surface area contributed by atoms with Crippen LogP contribution in [-0.4, -0.2) is 19.9 Å². The molecule has 1 aromatic rings. The van der Waals surface area contributed by atoms with Crippen LogP contribution in [0.4, 0.5) is 8.78 Å². The Bertz CT molecular complexity index is 452. The number of ether oxygens (including phenoxy) is 1. The molecule has 2 nitrogen and oxygen atoms in total. The van der Waals surface area contributed by atoms with Gasteiger partial charge in [-0.05, 0) is 12.1 Å². The quantitative estimate of drug-likeness (QED) is 0.651. The lowest BCUT2D eigenvalue weighted by atomic mass is 10.1. The van der Waals surface area contributed by atoms with Crippen LogP contribution in [0.1, 0.15) is 5.56 Å². The van der Waals surface area contributed by atoms with Gasteiger partial charge in [0.1, 0.15) is 12.4 Å².